The van der Waals surface area contributed by atoms with Gasteiger partial charge in [-0.2, -0.15) is 10.1 Å². The fourth-order valence-corrected chi connectivity index (χ4v) is 4.25. The van der Waals surface area contributed by atoms with Gasteiger partial charge in [-0.1, -0.05) is 35.1 Å². The number of anilines is 1. The maximum absolute atomic E-state index is 13.2. The molecule has 0 saturated carbocycles. The van der Waals surface area contributed by atoms with Crippen molar-refractivity contribution in [3.05, 3.63) is 71.2 Å². The van der Waals surface area contributed by atoms with Crippen LogP contribution in [-0.4, -0.2) is 31.6 Å². The molecule has 0 aliphatic rings. The average Bonchev–Trinajstić information content (AvgIpc) is 3.32. The van der Waals surface area contributed by atoms with Crippen LogP contribution in [0.5, 0.6) is 0 Å². The molecule has 0 saturated heterocycles. The lowest BCUT2D eigenvalue weighted by Crippen LogP contribution is -2.28. The maximum Gasteiger partial charge on any atom is 0.273 e. The smallest absolute Gasteiger partial charge is 0.273 e. The summed E-state index contributed by atoms with van der Waals surface area (Å²) in [7, 11) is 0. The van der Waals surface area contributed by atoms with E-state index in [9.17, 15) is 9.59 Å². The van der Waals surface area contributed by atoms with Crippen molar-refractivity contribution in [3.63, 3.8) is 0 Å². The summed E-state index contributed by atoms with van der Waals surface area (Å²) in [6.45, 7) is 9.83. The Kier molecular flexibility index (Phi) is 5.99. The lowest BCUT2D eigenvalue weighted by atomic mass is 10.1. The lowest BCUT2D eigenvalue weighted by Gasteiger charge is -2.19. The summed E-state index contributed by atoms with van der Waals surface area (Å²) in [6.07, 6.45) is 3.41. The third kappa shape index (κ3) is 4.78. The van der Waals surface area contributed by atoms with Crippen molar-refractivity contribution in [2.45, 2.75) is 46.2 Å². The van der Waals surface area contributed by atoms with Crippen LogP contribution in [0.15, 0.2) is 48.8 Å². The largest absolute Gasteiger partial charge is 0.344 e. The first-order valence-corrected chi connectivity index (χ1v) is 11.4. The summed E-state index contributed by atoms with van der Waals surface area (Å²) < 4.78 is 2.35. The number of benzene rings is 1. The van der Waals surface area contributed by atoms with Crippen LogP contribution in [0.25, 0.3) is 10.3 Å². The van der Waals surface area contributed by atoms with Gasteiger partial charge in [0.2, 0.25) is 0 Å². The number of rotatable bonds is 5. The minimum absolute atomic E-state index is 0.241. The molecular weight excluding hydrogens is 436 g/mol. The number of thiazole rings is 1. The van der Waals surface area contributed by atoms with E-state index in [1.165, 1.54) is 11.3 Å². The van der Waals surface area contributed by atoms with Gasteiger partial charge in [0.15, 0.2) is 16.5 Å². The first-order chi connectivity index (χ1) is 15.6. The van der Waals surface area contributed by atoms with E-state index < -0.39 is 5.54 Å². The normalized spacial score (nSPS) is 12.5. The molecule has 3 heterocycles. The number of fused-ring (bicyclic) bond motifs is 1. The molecule has 0 bridgehead atoms. The molecule has 0 radical (unpaired) electrons. The molecule has 3 aromatic heterocycles. The Hall–Kier alpha value is -3.59. The first-order valence-electron chi connectivity index (χ1n) is 10.6. The number of nitrogens with one attached hydrogen (secondary N) is 2. The van der Waals surface area contributed by atoms with E-state index in [0.717, 1.165) is 11.1 Å². The molecule has 4 aromatic rings. The van der Waals surface area contributed by atoms with Gasteiger partial charge in [0.05, 0.1) is 11.6 Å². The Labute approximate surface area is 196 Å². The first kappa shape index (κ1) is 22.6. The van der Waals surface area contributed by atoms with Crippen molar-refractivity contribution < 1.29 is 9.59 Å². The predicted octanol–water partition coefficient (Wildman–Crippen LogP) is 4.69. The highest BCUT2D eigenvalue weighted by molar-refractivity contribution is 7.22. The molecule has 2 amide bonds. The summed E-state index contributed by atoms with van der Waals surface area (Å²) in [6, 6.07) is 10.8. The van der Waals surface area contributed by atoms with Gasteiger partial charge in [-0.05, 0) is 58.4 Å². The Morgan fingerprint density at radius 3 is 2.45 bits per heavy atom. The van der Waals surface area contributed by atoms with E-state index in [4.69, 9.17) is 0 Å². The molecular formula is C24H26N6O2S. The molecule has 4 rings (SSSR count). The Morgan fingerprint density at radius 2 is 1.82 bits per heavy atom. The second-order valence-corrected chi connectivity index (χ2v) is 9.90. The molecule has 8 nitrogen and oxygen atoms in total. The van der Waals surface area contributed by atoms with Gasteiger partial charge in [-0.25, -0.2) is 4.68 Å². The molecule has 1 aromatic carbocycles. The van der Waals surface area contributed by atoms with Gasteiger partial charge >= 0.3 is 0 Å². The second-order valence-electron chi connectivity index (χ2n) is 8.90. The van der Waals surface area contributed by atoms with E-state index in [-0.39, 0.29) is 23.6 Å². The third-order valence-corrected chi connectivity index (χ3v) is 6.11. The summed E-state index contributed by atoms with van der Waals surface area (Å²) in [5, 5.41) is 10.8. The molecule has 170 valence electrons. The van der Waals surface area contributed by atoms with Crippen molar-refractivity contribution in [1.29, 1.82) is 0 Å². The quantitative estimate of drug-likeness (QED) is 0.448. The topological polar surface area (TPSA) is 102 Å². The summed E-state index contributed by atoms with van der Waals surface area (Å²) >= 11 is 1.24. The highest BCUT2D eigenvalue weighted by Gasteiger charge is 2.28. The molecule has 0 spiro atoms. The molecule has 0 fully saturated rings. The number of nitrogens with zero attached hydrogens (tertiary/aromatic N) is 4. The van der Waals surface area contributed by atoms with Crippen LogP contribution in [-0.2, 0) is 5.54 Å². The minimum atomic E-state index is -0.405. The Morgan fingerprint density at radius 1 is 1.09 bits per heavy atom. The molecule has 33 heavy (non-hydrogen) atoms. The molecule has 1 unspecified atom stereocenters. The number of carbonyl (C=O) groups excluding carboxylic acids is 2. The van der Waals surface area contributed by atoms with Crippen molar-refractivity contribution >= 4 is 38.6 Å². The number of carbonyl (C=O) groups is 2. The molecule has 9 heteroatoms. The molecule has 1 atom stereocenters. The van der Waals surface area contributed by atoms with Gasteiger partial charge in [-0.3, -0.25) is 19.9 Å². The number of pyridine rings is 1. The zero-order chi connectivity index (χ0) is 23.8. The van der Waals surface area contributed by atoms with Crippen molar-refractivity contribution in [1.82, 2.24) is 25.1 Å². The summed E-state index contributed by atoms with van der Waals surface area (Å²) in [5.41, 5.74) is 2.95. The number of hydrogen-bond donors (Lipinski definition) is 2. The van der Waals surface area contributed by atoms with Crippen LogP contribution in [0, 0.1) is 6.92 Å². The lowest BCUT2D eigenvalue weighted by molar-refractivity contribution is 0.0934. The van der Waals surface area contributed by atoms with Crippen molar-refractivity contribution in [3.8, 4) is 0 Å². The minimum Gasteiger partial charge on any atom is -0.344 e. The Balaban J connectivity index is 1.65. The van der Waals surface area contributed by atoms with Crippen LogP contribution in [0.1, 0.15) is 65.7 Å². The van der Waals surface area contributed by atoms with Gasteiger partial charge in [-0.15, -0.1) is 0 Å². The van der Waals surface area contributed by atoms with Crippen LogP contribution >= 0.6 is 11.3 Å². The van der Waals surface area contributed by atoms with Crippen molar-refractivity contribution in [2.75, 3.05) is 5.32 Å². The van der Waals surface area contributed by atoms with Gasteiger partial charge in [0.1, 0.15) is 4.70 Å². The highest BCUT2D eigenvalue weighted by Crippen LogP contribution is 2.32. The second kappa shape index (κ2) is 8.74. The summed E-state index contributed by atoms with van der Waals surface area (Å²) in [4.78, 5) is 34.5. The average molecular weight is 463 g/mol. The predicted molar refractivity (Wildman–Crippen MR) is 130 cm³/mol. The van der Waals surface area contributed by atoms with Crippen LogP contribution in [0.4, 0.5) is 5.13 Å². The molecule has 2 N–H and O–H groups in total. The van der Waals surface area contributed by atoms with Crippen LogP contribution in [0.3, 0.4) is 0 Å². The van der Waals surface area contributed by atoms with E-state index in [1.807, 2.05) is 58.9 Å². The monoisotopic (exact) mass is 462 g/mol. The number of aryl methyl sites for hydroxylation is 1. The van der Waals surface area contributed by atoms with Crippen molar-refractivity contribution in [2.24, 2.45) is 0 Å². The molecule has 0 aliphatic carbocycles. The standard InChI is InChI=1S/C24H26N6O2S/c1-14-8-10-16(11-9-14)21(31)28-23-27-20-19(33-23)18(29-30(20)24(3,4)5)22(32)26-15(2)17-7-6-12-25-13-17/h6-13,15H,1-5H3,(H,26,32)(H,27,28,31). The Bertz CT molecular complexity index is 1300. The van der Waals surface area contributed by atoms with Gasteiger partial charge < -0.3 is 5.32 Å². The van der Waals surface area contributed by atoms with Crippen LogP contribution < -0.4 is 10.6 Å². The van der Waals surface area contributed by atoms with Gasteiger partial charge in [0, 0.05) is 18.0 Å². The van der Waals surface area contributed by atoms with Crippen LogP contribution in [0.2, 0.25) is 0 Å². The third-order valence-electron chi connectivity index (χ3n) is 5.14. The zero-order valence-corrected chi connectivity index (χ0v) is 20.0. The number of amides is 2. The number of hydrogen-bond acceptors (Lipinski definition) is 6. The van der Waals surface area contributed by atoms with Gasteiger partial charge in [0.25, 0.3) is 11.8 Å². The fraction of sp³-hybridized carbons (Fsp3) is 0.292. The van der Waals surface area contributed by atoms with E-state index >= 15 is 0 Å². The highest BCUT2D eigenvalue weighted by atomic mass is 32.1. The number of aromatic nitrogens is 4. The molecule has 0 aliphatic heterocycles. The summed E-state index contributed by atoms with van der Waals surface area (Å²) in [5.74, 6) is -0.558. The zero-order valence-electron chi connectivity index (χ0n) is 19.2. The maximum atomic E-state index is 13.2. The van der Waals surface area contributed by atoms with E-state index in [1.54, 1.807) is 29.2 Å². The fourth-order valence-electron chi connectivity index (χ4n) is 3.33. The SMILES string of the molecule is Cc1ccc(C(=O)Nc2nc3c(s2)c(C(=O)NC(C)c2cccnc2)nn3C(C)(C)C)cc1. The van der Waals surface area contributed by atoms with E-state index in [0.29, 0.717) is 21.0 Å². The van der Waals surface area contributed by atoms with E-state index in [2.05, 4.69) is 25.7 Å².